The predicted octanol–water partition coefficient (Wildman–Crippen LogP) is 2.74. The predicted molar refractivity (Wildman–Crippen MR) is 94.5 cm³/mol. The van der Waals surface area contributed by atoms with Gasteiger partial charge in [0.15, 0.2) is 5.96 Å². The van der Waals surface area contributed by atoms with Gasteiger partial charge in [-0.1, -0.05) is 30.7 Å². The minimum absolute atomic E-state index is 0.724. The van der Waals surface area contributed by atoms with Gasteiger partial charge in [-0.05, 0) is 49.5 Å². The van der Waals surface area contributed by atoms with Gasteiger partial charge in [0, 0.05) is 31.7 Å². The number of nitrogens with one attached hydrogen (secondary N) is 2. The molecular formula is C17H27ClN4. The fourth-order valence-corrected chi connectivity index (χ4v) is 2.88. The van der Waals surface area contributed by atoms with Crippen LogP contribution in [0.15, 0.2) is 29.3 Å². The van der Waals surface area contributed by atoms with Crippen LogP contribution >= 0.6 is 11.6 Å². The average molecular weight is 323 g/mol. The highest BCUT2D eigenvalue weighted by atomic mass is 35.5. The second-order valence-electron chi connectivity index (χ2n) is 6.01. The van der Waals surface area contributed by atoms with E-state index in [1.807, 2.05) is 18.2 Å². The zero-order chi connectivity index (χ0) is 15.8. The molecule has 1 fully saturated rings. The molecule has 4 nitrogen and oxygen atoms in total. The van der Waals surface area contributed by atoms with Crippen LogP contribution < -0.4 is 10.6 Å². The molecule has 0 radical (unpaired) electrons. The van der Waals surface area contributed by atoms with E-state index in [2.05, 4.69) is 33.5 Å². The van der Waals surface area contributed by atoms with Crippen molar-refractivity contribution in [1.82, 2.24) is 15.5 Å². The molecule has 2 N–H and O–H groups in total. The number of nitrogens with zero attached hydrogens (tertiary/aromatic N) is 2. The summed E-state index contributed by atoms with van der Waals surface area (Å²) >= 11 is 5.99. The van der Waals surface area contributed by atoms with Crippen LogP contribution in [0.3, 0.4) is 0 Å². The van der Waals surface area contributed by atoms with E-state index < -0.39 is 0 Å². The third-order valence-corrected chi connectivity index (χ3v) is 4.40. The molecule has 1 heterocycles. The molecule has 5 heteroatoms. The molecule has 0 unspecified atom stereocenters. The number of guanidine groups is 1. The summed E-state index contributed by atoms with van der Waals surface area (Å²) in [6.07, 6.45) is 2.64. The topological polar surface area (TPSA) is 39.7 Å². The third-order valence-electron chi connectivity index (χ3n) is 4.17. The molecule has 2 rings (SSSR count). The molecule has 1 saturated heterocycles. The summed E-state index contributed by atoms with van der Waals surface area (Å²) in [4.78, 5) is 6.79. The summed E-state index contributed by atoms with van der Waals surface area (Å²) in [6, 6.07) is 7.88. The van der Waals surface area contributed by atoms with Crippen molar-refractivity contribution in [3.8, 4) is 0 Å². The maximum atomic E-state index is 5.99. The van der Waals surface area contributed by atoms with Crippen LogP contribution in [0.4, 0.5) is 0 Å². The summed E-state index contributed by atoms with van der Waals surface area (Å²) < 4.78 is 0. The third kappa shape index (κ3) is 5.85. The summed E-state index contributed by atoms with van der Waals surface area (Å²) in [5.74, 6) is 1.72. The Morgan fingerprint density at radius 1 is 1.32 bits per heavy atom. The number of rotatable bonds is 5. The molecule has 0 atom stereocenters. The highest BCUT2D eigenvalue weighted by Gasteiger charge is 2.14. The Balaban J connectivity index is 1.67. The number of piperidine rings is 1. The Hall–Kier alpha value is -1.26. The Labute approximate surface area is 138 Å². The number of aliphatic imine (C=N–C) groups is 1. The second-order valence-corrected chi connectivity index (χ2v) is 6.44. The molecular weight excluding hydrogens is 296 g/mol. The lowest BCUT2D eigenvalue weighted by Crippen LogP contribution is -2.43. The lowest BCUT2D eigenvalue weighted by atomic mass is 9.99. The highest BCUT2D eigenvalue weighted by molar-refractivity contribution is 6.30. The van der Waals surface area contributed by atoms with E-state index in [0.29, 0.717) is 0 Å². The van der Waals surface area contributed by atoms with Gasteiger partial charge in [-0.25, -0.2) is 0 Å². The van der Waals surface area contributed by atoms with Gasteiger partial charge in [0.2, 0.25) is 0 Å². The molecule has 0 aromatic heterocycles. The molecule has 0 aliphatic carbocycles. The van der Waals surface area contributed by atoms with E-state index >= 15 is 0 Å². The van der Waals surface area contributed by atoms with Crippen molar-refractivity contribution in [1.29, 1.82) is 0 Å². The SMILES string of the molecule is CN=C(NCCN1CCC(C)CC1)NCc1cccc(Cl)c1. The lowest BCUT2D eigenvalue weighted by Gasteiger charge is -2.30. The summed E-state index contributed by atoms with van der Waals surface area (Å²) in [5.41, 5.74) is 1.15. The lowest BCUT2D eigenvalue weighted by molar-refractivity contribution is 0.195. The van der Waals surface area contributed by atoms with Crippen molar-refractivity contribution in [3.63, 3.8) is 0 Å². The van der Waals surface area contributed by atoms with Gasteiger partial charge in [-0.2, -0.15) is 0 Å². The zero-order valence-electron chi connectivity index (χ0n) is 13.6. The van der Waals surface area contributed by atoms with Crippen molar-refractivity contribution in [3.05, 3.63) is 34.9 Å². The first-order valence-corrected chi connectivity index (χ1v) is 8.46. The van der Waals surface area contributed by atoms with Gasteiger partial charge in [0.05, 0.1) is 0 Å². The van der Waals surface area contributed by atoms with Crippen molar-refractivity contribution >= 4 is 17.6 Å². The molecule has 1 aromatic carbocycles. The van der Waals surface area contributed by atoms with Gasteiger partial charge in [-0.15, -0.1) is 0 Å². The van der Waals surface area contributed by atoms with E-state index in [1.165, 1.54) is 25.9 Å². The van der Waals surface area contributed by atoms with Gasteiger partial charge in [0.1, 0.15) is 0 Å². The number of benzene rings is 1. The highest BCUT2D eigenvalue weighted by Crippen LogP contribution is 2.15. The number of hydrogen-bond donors (Lipinski definition) is 2. The van der Waals surface area contributed by atoms with E-state index in [0.717, 1.165) is 42.1 Å². The van der Waals surface area contributed by atoms with Gasteiger partial charge < -0.3 is 15.5 Å². The molecule has 0 amide bonds. The minimum atomic E-state index is 0.724. The number of halogens is 1. The fraction of sp³-hybridized carbons (Fsp3) is 0.588. The molecule has 1 aromatic rings. The molecule has 0 saturated carbocycles. The first kappa shape index (κ1) is 17.1. The zero-order valence-corrected chi connectivity index (χ0v) is 14.4. The standard InChI is InChI=1S/C17H27ClN4/c1-14-6-9-22(10-7-14)11-8-20-17(19-2)21-13-15-4-3-5-16(18)12-15/h3-5,12,14H,6-11,13H2,1-2H3,(H2,19,20,21). The van der Waals surface area contributed by atoms with Crippen LogP contribution in [-0.4, -0.2) is 44.1 Å². The van der Waals surface area contributed by atoms with Gasteiger partial charge >= 0.3 is 0 Å². The van der Waals surface area contributed by atoms with Crippen molar-refractivity contribution in [2.45, 2.75) is 26.3 Å². The largest absolute Gasteiger partial charge is 0.355 e. The van der Waals surface area contributed by atoms with Crippen LogP contribution in [0.25, 0.3) is 0 Å². The molecule has 122 valence electrons. The van der Waals surface area contributed by atoms with Gasteiger partial charge in [0.25, 0.3) is 0 Å². The summed E-state index contributed by atoms with van der Waals surface area (Å²) in [5, 5.41) is 7.46. The summed E-state index contributed by atoms with van der Waals surface area (Å²) in [7, 11) is 1.80. The Morgan fingerprint density at radius 2 is 2.09 bits per heavy atom. The Bertz CT molecular complexity index is 481. The second kappa shape index (κ2) is 9.01. The molecule has 22 heavy (non-hydrogen) atoms. The quantitative estimate of drug-likeness (QED) is 0.647. The fourth-order valence-electron chi connectivity index (χ4n) is 2.67. The van der Waals surface area contributed by atoms with E-state index in [9.17, 15) is 0 Å². The van der Waals surface area contributed by atoms with Crippen LogP contribution in [0.1, 0.15) is 25.3 Å². The maximum absolute atomic E-state index is 5.99. The van der Waals surface area contributed by atoms with Crippen LogP contribution in [0, 0.1) is 5.92 Å². The molecule has 1 aliphatic heterocycles. The van der Waals surface area contributed by atoms with Gasteiger partial charge in [-0.3, -0.25) is 4.99 Å². The first-order chi connectivity index (χ1) is 10.7. The minimum Gasteiger partial charge on any atom is -0.355 e. The number of likely N-dealkylation sites (tertiary alicyclic amines) is 1. The Kier molecular flexibility index (Phi) is 7.00. The number of hydrogen-bond acceptors (Lipinski definition) is 2. The van der Waals surface area contributed by atoms with Crippen molar-refractivity contribution in [2.24, 2.45) is 10.9 Å². The first-order valence-electron chi connectivity index (χ1n) is 8.08. The van der Waals surface area contributed by atoms with Crippen LogP contribution in [-0.2, 0) is 6.54 Å². The maximum Gasteiger partial charge on any atom is 0.191 e. The molecule has 0 bridgehead atoms. The molecule has 0 spiro atoms. The molecule has 1 aliphatic rings. The van der Waals surface area contributed by atoms with Crippen LogP contribution in [0.5, 0.6) is 0 Å². The smallest absolute Gasteiger partial charge is 0.191 e. The average Bonchev–Trinajstić information content (AvgIpc) is 2.52. The van der Waals surface area contributed by atoms with Crippen LogP contribution in [0.2, 0.25) is 5.02 Å². The van der Waals surface area contributed by atoms with E-state index in [1.54, 1.807) is 7.05 Å². The van der Waals surface area contributed by atoms with E-state index in [-0.39, 0.29) is 0 Å². The van der Waals surface area contributed by atoms with Crippen molar-refractivity contribution in [2.75, 3.05) is 33.2 Å². The normalized spacial score (nSPS) is 17.5. The summed E-state index contributed by atoms with van der Waals surface area (Å²) in [6.45, 7) is 7.50. The monoisotopic (exact) mass is 322 g/mol. The van der Waals surface area contributed by atoms with Crippen molar-refractivity contribution < 1.29 is 0 Å². The Morgan fingerprint density at radius 3 is 2.77 bits per heavy atom. The van der Waals surface area contributed by atoms with E-state index in [4.69, 9.17) is 11.6 Å².